The van der Waals surface area contributed by atoms with Gasteiger partial charge < -0.3 is 4.90 Å². The number of rotatable bonds is 6. The summed E-state index contributed by atoms with van der Waals surface area (Å²) in [5.74, 6) is 2.40. The van der Waals surface area contributed by atoms with E-state index in [9.17, 15) is 9.59 Å². The van der Waals surface area contributed by atoms with E-state index in [2.05, 4.69) is 53.4 Å². The third-order valence-corrected chi connectivity index (χ3v) is 7.02. The van der Waals surface area contributed by atoms with Gasteiger partial charge in [-0.3, -0.25) is 14.6 Å². The Hall–Kier alpha value is -2.31. The average Bonchev–Trinajstić information content (AvgIpc) is 3.55. The van der Waals surface area contributed by atoms with E-state index in [-0.39, 0.29) is 24.5 Å². The smallest absolute Gasteiger partial charge is 0.311 e. The van der Waals surface area contributed by atoms with Crippen molar-refractivity contribution in [3.05, 3.63) is 59.7 Å². The van der Waals surface area contributed by atoms with E-state index in [0.29, 0.717) is 6.54 Å². The topological polar surface area (TPSA) is 43.9 Å². The molecule has 0 N–H and O–H groups in total. The van der Waals surface area contributed by atoms with Crippen LogP contribution in [0.3, 0.4) is 0 Å². The molecule has 0 radical (unpaired) electrons. The largest absolute Gasteiger partial charge is 0.327 e. The lowest BCUT2D eigenvalue weighted by Gasteiger charge is -2.26. The van der Waals surface area contributed by atoms with Crippen LogP contribution < -0.4 is 0 Å². The summed E-state index contributed by atoms with van der Waals surface area (Å²) < 4.78 is 0. The summed E-state index contributed by atoms with van der Waals surface area (Å²) in [7, 11) is 0. The predicted octanol–water partition coefficient (Wildman–Crippen LogP) is 3.83. The van der Waals surface area contributed by atoms with E-state index < -0.39 is 0 Å². The number of urea groups is 1. The SMILES string of the molecule is O=C1CN(Cc2ccc(-c3cccc(CN4CCSCC4)c3)cc2)C(=O)N1C1CC1. The summed E-state index contributed by atoms with van der Waals surface area (Å²) in [5, 5.41) is 0. The number of thioether (sulfide) groups is 1. The van der Waals surface area contributed by atoms with Crippen LogP contribution in [0.4, 0.5) is 4.79 Å². The Bertz CT molecular complexity index is 936. The van der Waals surface area contributed by atoms with Gasteiger partial charge in [-0.25, -0.2) is 4.79 Å². The normalized spacial score (nSPS) is 20.3. The van der Waals surface area contributed by atoms with Gasteiger partial charge in [0.25, 0.3) is 5.91 Å². The molecule has 1 aliphatic carbocycles. The fourth-order valence-corrected chi connectivity index (χ4v) is 5.25. The Kier molecular flexibility index (Phi) is 5.52. The van der Waals surface area contributed by atoms with Crippen molar-refractivity contribution in [2.24, 2.45) is 0 Å². The van der Waals surface area contributed by atoms with Crippen LogP contribution in [0.1, 0.15) is 24.0 Å². The lowest BCUT2D eigenvalue weighted by molar-refractivity contribution is -0.125. The predicted molar refractivity (Wildman–Crippen MR) is 120 cm³/mol. The van der Waals surface area contributed by atoms with Crippen LogP contribution in [0, 0.1) is 0 Å². The molecule has 0 unspecified atom stereocenters. The van der Waals surface area contributed by atoms with Crippen molar-refractivity contribution in [1.29, 1.82) is 0 Å². The van der Waals surface area contributed by atoms with Crippen LogP contribution in [-0.2, 0) is 17.9 Å². The molecule has 6 heteroatoms. The molecule has 0 atom stereocenters. The molecule has 3 aliphatic rings. The minimum atomic E-state index is -0.129. The van der Waals surface area contributed by atoms with Crippen molar-refractivity contribution in [2.45, 2.75) is 32.0 Å². The third-order valence-electron chi connectivity index (χ3n) is 6.08. The van der Waals surface area contributed by atoms with E-state index in [1.807, 2.05) is 11.8 Å². The van der Waals surface area contributed by atoms with Gasteiger partial charge in [-0.2, -0.15) is 11.8 Å². The zero-order valence-electron chi connectivity index (χ0n) is 17.1. The van der Waals surface area contributed by atoms with Gasteiger partial charge in [0.2, 0.25) is 0 Å². The lowest BCUT2D eigenvalue weighted by Crippen LogP contribution is -2.34. The second-order valence-corrected chi connectivity index (χ2v) is 9.64. The van der Waals surface area contributed by atoms with E-state index in [0.717, 1.165) is 24.9 Å². The molecule has 2 aromatic rings. The summed E-state index contributed by atoms with van der Waals surface area (Å²) in [6, 6.07) is 17.2. The van der Waals surface area contributed by atoms with Gasteiger partial charge in [0, 0.05) is 43.7 Å². The first kappa shape index (κ1) is 19.6. The van der Waals surface area contributed by atoms with Crippen LogP contribution in [0.2, 0.25) is 0 Å². The second-order valence-electron chi connectivity index (χ2n) is 8.42. The van der Waals surface area contributed by atoms with Crippen LogP contribution in [-0.4, -0.2) is 63.8 Å². The Morgan fingerprint density at radius 1 is 0.867 bits per heavy atom. The van der Waals surface area contributed by atoms with Gasteiger partial charge in [-0.05, 0) is 41.2 Å². The van der Waals surface area contributed by atoms with Gasteiger partial charge in [-0.1, -0.05) is 42.5 Å². The monoisotopic (exact) mass is 421 g/mol. The van der Waals surface area contributed by atoms with Gasteiger partial charge in [0.05, 0.1) is 0 Å². The van der Waals surface area contributed by atoms with Crippen molar-refractivity contribution in [3.8, 4) is 11.1 Å². The lowest BCUT2D eigenvalue weighted by atomic mass is 10.0. The number of amides is 3. The number of benzene rings is 2. The number of nitrogens with zero attached hydrogens (tertiary/aromatic N) is 3. The maximum Gasteiger partial charge on any atom is 0.327 e. The number of imide groups is 1. The highest BCUT2D eigenvalue weighted by Gasteiger charge is 2.44. The van der Waals surface area contributed by atoms with Crippen LogP contribution in [0.25, 0.3) is 11.1 Å². The first-order chi connectivity index (χ1) is 14.7. The minimum Gasteiger partial charge on any atom is -0.311 e. The Morgan fingerprint density at radius 3 is 2.37 bits per heavy atom. The zero-order chi connectivity index (χ0) is 20.5. The Labute approximate surface area is 182 Å². The summed E-state index contributed by atoms with van der Waals surface area (Å²) in [6.07, 6.45) is 1.91. The van der Waals surface area contributed by atoms with Gasteiger partial charge >= 0.3 is 6.03 Å². The molecule has 2 aliphatic heterocycles. The van der Waals surface area contributed by atoms with E-state index in [1.54, 1.807) is 4.90 Å². The molecule has 2 saturated heterocycles. The highest BCUT2D eigenvalue weighted by Crippen LogP contribution is 2.31. The maximum atomic E-state index is 12.5. The van der Waals surface area contributed by atoms with E-state index in [4.69, 9.17) is 0 Å². The number of hydrogen-bond donors (Lipinski definition) is 0. The average molecular weight is 422 g/mol. The molecule has 5 rings (SSSR count). The molecule has 2 heterocycles. The van der Waals surface area contributed by atoms with E-state index >= 15 is 0 Å². The van der Waals surface area contributed by atoms with Crippen molar-refractivity contribution in [2.75, 3.05) is 31.1 Å². The molecule has 1 saturated carbocycles. The second kappa shape index (κ2) is 8.44. The highest BCUT2D eigenvalue weighted by molar-refractivity contribution is 7.99. The van der Waals surface area contributed by atoms with Crippen LogP contribution in [0.5, 0.6) is 0 Å². The summed E-state index contributed by atoms with van der Waals surface area (Å²) in [6.45, 7) is 4.03. The van der Waals surface area contributed by atoms with Crippen molar-refractivity contribution < 1.29 is 9.59 Å². The fraction of sp³-hybridized carbons (Fsp3) is 0.417. The Balaban J connectivity index is 1.24. The van der Waals surface area contributed by atoms with Gasteiger partial charge in [0.15, 0.2) is 0 Å². The Morgan fingerprint density at radius 2 is 1.63 bits per heavy atom. The first-order valence-corrected chi connectivity index (χ1v) is 11.9. The molecule has 30 heavy (non-hydrogen) atoms. The maximum absolute atomic E-state index is 12.5. The molecule has 156 valence electrons. The number of carbonyl (C=O) groups excluding carboxylic acids is 2. The quantitative estimate of drug-likeness (QED) is 0.665. The van der Waals surface area contributed by atoms with Gasteiger partial charge in [-0.15, -0.1) is 0 Å². The molecule has 3 amide bonds. The molecule has 3 fully saturated rings. The molecule has 2 aromatic carbocycles. The first-order valence-electron chi connectivity index (χ1n) is 10.8. The number of hydrogen-bond acceptors (Lipinski definition) is 4. The standard InChI is InChI=1S/C24H27N3O2S/c28-23-17-26(24(29)27(23)22-8-9-22)16-18-4-6-20(7-5-18)21-3-1-2-19(14-21)15-25-10-12-30-13-11-25/h1-7,14,22H,8-13,15-17H2. The van der Waals surface area contributed by atoms with Crippen LogP contribution in [0.15, 0.2) is 48.5 Å². The number of carbonyl (C=O) groups is 2. The summed E-state index contributed by atoms with van der Waals surface area (Å²) in [5.41, 5.74) is 4.81. The molecular weight excluding hydrogens is 394 g/mol. The molecule has 0 bridgehead atoms. The summed E-state index contributed by atoms with van der Waals surface area (Å²) >= 11 is 2.04. The van der Waals surface area contributed by atoms with Gasteiger partial charge in [0.1, 0.15) is 6.54 Å². The fourth-order valence-electron chi connectivity index (χ4n) is 4.27. The summed E-state index contributed by atoms with van der Waals surface area (Å²) in [4.78, 5) is 30.3. The third kappa shape index (κ3) is 4.25. The van der Waals surface area contributed by atoms with Crippen molar-refractivity contribution in [1.82, 2.24) is 14.7 Å². The van der Waals surface area contributed by atoms with E-state index in [1.165, 1.54) is 46.2 Å². The molecular formula is C24H27N3O2S. The molecule has 0 spiro atoms. The van der Waals surface area contributed by atoms with Crippen LogP contribution >= 0.6 is 11.8 Å². The molecule has 0 aromatic heterocycles. The highest BCUT2D eigenvalue weighted by atomic mass is 32.2. The van der Waals surface area contributed by atoms with Crippen molar-refractivity contribution >= 4 is 23.7 Å². The minimum absolute atomic E-state index is 0.0526. The zero-order valence-corrected chi connectivity index (χ0v) is 17.9. The molecule has 5 nitrogen and oxygen atoms in total. The van der Waals surface area contributed by atoms with Crippen molar-refractivity contribution in [3.63, 3.8) is 0 Å².